The van der Waals surface area contributed by atoms with Crippen molar-refractivity contribution in [2.75, 3.05) is 6.61 Å². The molecule has 0 radical (unpaired) electrons. The summed E-state index contributed by atoms with van der Waals surface area (Å²) in [6.45, 7) is 0.0837. The van der Waals surface area contributed by atoms with Crippen molar-refractivity contribution in [3.05, 3.63) is 34.9 Å². The lowest BCUT2D eigenvalue weighted by molar-refractivity contribution is 0.298. The van der Waals surface area contributed by atoms with Crippen LogP contribution in [0.1, 0.15) is 10.4 Å². The molecule has 0 spiro atoms. The molecule has 0 aliphatic rings. The number of hydrogen-bond donors (Lipinski definition) is 1. The highest BCUT2D eigenvalue weighted by molar-refractivity contribution is 9.09. The largest absolute Gasteiger partial charge is 0.395 e. The molecule has 1 aromatic carbocycles. The quantitative estimate of drug-likeness (QED) is 0.782. The van der Waals surface area contributed by atoms with Gasteiger partial charge in [-0.3, -0.25) is 0 Å². The van der Waals surface area contributed by atoms with E-state index >= 15 is 0 Å². The second-order valence-electron chi connectivity index (χ2n) is 2.21. The van der Waals surface area contributed by atoms with Crippen LogP contribution in [0, 0.1) is 0 Å². The molecule has 0 heterocycles. The fraction of sp³-hybridized carbons (Fsp3) is 0.250. The molecule has 0 aromatic heterocycles. The molecule has 0 saturated carbocycles. The molecule has 0 aliphatic carbocycles. The summed E-state index contributed by atoms with van der Waals surface area (Å²) in [6, 6.07) is 7.42. The van der Waals surface area contributed by atoms with E-state index in [1.54, 1.807) is 0 Å². The van der Waals surface area contributed by atoms with Crippen molar-refractivity contribution in [3.63, 3.8) is 0 Å². The highest BCUT2D eigenvalue weighted by atomic mass is 79.9. The zero-order chi connectivity index (χ0) is 8.27. The molecule has 1 nitrogen and oxygen atoms in total. The van der Waals surface area contributed by atoms with E-state index in [-0.39, 0.29) is 11.4 Å². The Kier molecular flexibility index (Phi) is 3.37. The summed E-state index contributed by atoms with van der Waals surface area (Å²) in [5.74, 6) is 0. The number of aliphatic hydroxyl groups is 1. The molecule has 0 fully saturated rings. The van der Waals surface area contributed by atoms with Crippen LogP contribution in [-0.2, 0) is 0 Å². The van der Waals surface area contributed by atoms with Crippen LogP contribution >= 0.6 is 27.5 Å². The molecule has 1 atom stereocenters. The van der Waals surface area contributed by atoms with Crippen molar-refractivity contribution in [2.45, 2.75) is 4.83 Å². The number of hydrogen-bond acceptors (Lipinski definition) is 1. The van der Waals surface area contributed by atoms with Gasteiger partial charge in [-0.1, -0.05) is 39.7 Å². The average Bonchev–Trinajstić information content (AvgIpc) is 2.03. The topological polar surface area (TPSA) is 20.2 Å². The Morgan fingerprint density at radius 3 is 2.82 bits per heavy atom. The van der Waals surface area contributed by atoms with E-state index in [0.29, 0.717) is 5.02 Å². The monoisotopic (exact) mass is 234 g/mol. The normalized spacial score (nSPS) is 13.0. The van der Waals surface area contributed by atoms with E-state index in [4.69, 9.17) is 16.7 Å². The third kappa shape index (κ3) is 2.47. The van der Waals surface area contributed by atoms with Crippen molar-refractivity contribution in [1.29, 1.82) is 0 Å². The van der Waals surface area contributed by atoms with Crippen molar-refractivity contribution in [2.24, 2.45) is 0 Å². The smallest absolute Gasteiger partial charge is 0.0626 e. The van der Waals surface area contributed by atoms with Crippen LogP contribution in [0.5, 0.6) is 0 Å². The Morgan fingerprint density at radius 1 is 1.55 bits per heavy atom. The van der Waals surface area contributed by atoms with Crippen molar-refractivity contribution in [3.8, 4) is 0 Å². The molecular weight excluding hydrogens is 227 g/mol. The SMILES string of the molecule is OC[C@H](Br)c1cccc(Cl)c1. The number of rotatable bonds is 2. The summed E-state index contributed by atoms with van der Waals surface area (Å²) >= 11 is 9.05. The van der Waals surface area contributed by atoms with Crippen LogP contribution in [0.25, 0.3) is 0 Å². The highest BCUT2D eigenvalue weighted by Crippen LogP contribution is 2.23. The molecule has 0 bridgehead atoms. The lowest BCUT2D eigenvalue weighted by Crippen LogP contribution is -1.94. The average molecular weight is 236 g/mol. The van der Waals surface area contributed by atoms with Gasteiger partial charge in [0, 0.05) is 5.02 Å². The van der Waals surface area contributed by atoms with Gasteiger partial charge in [0.25, 0.3) is 0 Å². The van der Waals surface area contributed by atoms with Crippen LogP contribution in [0.3, 0.4) is 0 Å². The number of aliphatic hydroxyl groups excluding tert-OH is 1. The van der Waals surface area contributed by atoms with Gasteiger partial charge >= 0.3 is 0 Å². The highest BCUT2D eigenvalue weighted by Gasteiger charge is 2.04. The van der Waals surface area contributed by atoms with Gasteiger partial charge in [-0.2, -0.15) is 0 Å². The zero-order valence-electron chi connectivity index (χ0n) is 5.80. The third-order valence-electron chi connectivity index (χ3n) is 1.37. The van der Waals surface area contributed by atoms with Crippen LogP contribution in [0.4, 0.5) is 0 Å². The van der Waals surface area contributed by atoms with E-state index in [1.807, 2.05) is 24.3 Å². The Hall–Kier alpha value is -0.0500. The lowest BCUT2D eigenvalue weighted by atomic mass is 10.2. The van der Waals surface area contributed by atoms with Crippen molar-refractivity contribution in [1.82, 2.24) is 0 Å². The van der Waals surface area contributed by atoms with E-state index in [0.717, 1.165) is 5.56 Å². The second kappa shape index (κ2) is 4.10. The lowest BCUT2D eigenvalue weighted by Gasteiger charge is -2.05. The maximum Gasteiger partial charge on any atom is 0.0626 e. The standard InChI is InChI=1S/C8H8BrClO/c9-8(5-11)6-2-1-3-7(10)4-6/h1-4,8,11H,5H2/t8-/m0/s1. The molecule has 1 N–H and O–H groups in total. The minimum atomic E-state index is -0.0128. The Balaban J connectivity index is 2.86. The summed E-state index contributed by atoms with van der Waals surface area (Å²) in [4.78, 5) is -0.0128. The van der Waals surface area contributed by atoms with Gasteiger partial charge in [0.1, 0.15) is 0 Å². The Bertz CT molecular complexity index is 239. The Morgan fingerprint density at radius 2 is 2.27 bits per heavy atom. The predicted octanol–water partition coefficient (Wildman–Crippen LogP) is 2.77. The van der Waals surface area contributed by atoms with Crippen LogP contribution in [-0.4, -0.2) is 11.7 Å². The minimum Gasteiger partial charge on any atom is -0.395 e. The molecular formula is C8H8BrClO. The van der Waals surface area contributed by atoms with Crippen LogP contribution in [0.15, 0.2) is 24.3 Å². The number of benzene rings is 1. The summed E-state index contributed by atoms with van der Waals surface area (Å²) in [5, 5.41) is 9.48. The fourth-order valence-electron chi connectivity index (χ4n) is 0.807. The van der Waals surface area contributed by atoms with Gasteiger partial charge in [0.15, 0.2) is 0 Å². The first-order chi connectivity index (χ1) is 5.24. The first kappa shape index (κ1) is 9.04. The molecule has 0 aliphatic heterocycles. The van der Waals surface area contributed by atoms with Gasteiger partial charge < -0.3 is 5.11 Å². The molecule has 0 unspecified atom stereocenters. The van der Waals surface area contributed by atoms with E-state index in [1.165, 1.54) is 0 Å². The molecule has 1 rings (SSSR count). The summed E-state index contributed by atoms with van der Waals surface area (Å²) in [5.41, 5.74) is 1.00. The van der Waals surface area contributed by atoms with Gasteiger partial charge in [-0.25, -0.2) is 0 Å². The molecule has 0 amide bonds. The Labute approximate surface area is 79.1 Å². The summed E-state index contributed by atoms with van der Waals surface area (Å²) < 4.78 is 0. The van der Waals surface area contributed by atoms with E-state index in [9.17, 15) is 0 Å². The second-order valence-corrected chi connectivity index (χ2v) is 3.75. The molecule has 11 heavy (non-hydrogen) atoms. The number of alkyl halides is 1. The molecule has 3 heteroatoms. The third-order valence-corrected chi connectivity index (χ3v) is 2.42. The predicted molar refractivity (Wildman–Crippen MR) is 50.2 cm³/mol. The van der Waals surface area contributed by atoms with E-state index in [2.05, 4.69) is 15.9 Å². The molecule has 60 valence electrons. The first-order valence-corrected chi connectivity index (χ1v) is 4.54. The van der Waals surface area contributed by atoms with E-state index < -0.39 is 0 Å². The van der Waals surface area contributed by atoms with Crippen LogP contribution < -0.4 is 0 Å². The van der Waals surface area contributed by atoms with Gasteiger partial charge in [-0.05, 0) is 17.7 Å². The molecule has 0 saturated heterocycles. The summed E-state index contributed by atoms with van der Waals surface area (Å²) in [7, 11) is 0. The van der Waals surface area contributed by atoms with Crippen molar-refractivity contribution >= 4 is 27.5 Å². The summed E-state index contributed by atoms with van der Waals surface area (Å²) in [6.07, 6.45) is 0. The zero-order valence-corrected chi connectivity index (χ0v) is 8.14. The minimum absolute atomic E-state index is 0.0128. The van der Waals surface area contributed by atoms with Gasteiger partial charge in [-0.15, -0.1) is 0 Å². The molecule has 1 aromatic rings. The maximum absolute atomic E-state index is 8.79. The van der Waals surface area contributed by atoms with Crippen LogP contribution in [0.2, 0.25) is 5.02 Å². The van der Waals surface area contributed by atoms with Crippen molar-refractivity contribution < 1.29 is 5.11 Å². The first-order valence-electron chi connectivity index (χ1n) is 3.24. The number of halogens is 2. The maximum atomic E-state index is 8.79. The fourth-order valence-corrected chi connectivity index (χ4v) is 1.29. The van der Waals surface area contributed by atoms with Gasteiger partial charge in [0.05, 0.1) is 11.4 Å². The van der Waals surface area contributed by atoms with Gasteiger partial charge in [0.2, 0.25) is 0 Å².